The molecule has 0 atom stereocenters. The van der Waals surface area contributed by atoms with E-state index < -0.39 is 22.1 Å². The molecule has 0 aliphatic carbocycles. The second-order valence-corrected chi connectivity index (χ2v) is 12.5. The Balaban J connectivity index is 1.53. The summed E-state index contributed by atoms with van der Waals surface area (Å²) in [6, 6.07) is 16.6. The maximum atomic E-state index is 13.3. The number of rotatable bonds is 8. The molecule has 216 valence electrons. The van der Waals surface area contributed by atoms with E-state index in [2.05, 4.69) is 14.9 Å². The summed E-state index contributed by atoms with van der Waals surface area (Å²) in [4.78, 5) is 0.0718. The topological polar surface area (TPSA) is 86.5 Å². The van der Waals surface area contributed by atoms with E-state index in [-0.39, 0.29) is 18.0 Å². The fraction of sp³-hybridized carbons (Fsp3) is 0.231. The molecular weight excluding hydrogens is 624 g/mol. The Morgan fingerprint density at radius 2 is 1.71 bits per heavy atom. The third-order valence-corrected chi connectivity index (χ3v) is 9.49. The molecule has 0 N–H and O–H groups in total. The van der Waals surface area contributed by atoms with E-state index in [1.165, 1.54) is 52.5 Å². The van der Waals surface area contributed by atoms with Gasteiger partial charge < -0.3 is 9.47 Å². The molecule has 1 aromatic heterocycles. The Bertz CT molecular complexity index is 1650. The van der Waals surface area contributed by atoms with Crippen LogP contribution in [0.4, 0.5) is 13.2 Å². The Labute approximate surface area is 248 Å². The highest BCUT2D eigenvalue weighted by atomic mass is 35.5. The van der Waals surface area contributed by atoms with Gasteiger partial charge in [0.1, 0.15) is 5.75 Å². The molecule has 5 rings (SSSR count). The fourth-order valence-electron chi connectivity index (χ4n) is 4.09. The monoisotopic (exact) mass is 644 g/mol. The number of morpholine rings is 1. The summed E-state index contributed by atoms with van der Waals surface area (Å²) in [7, 11) is -3.80. The Morgan fingerprint density at radius 3 is 2.39 bits per heavy atom. The molecule has 0 bridgehead atoms. The van der Waals surface area contributed by atoms with Gasteiger partial charge in [0.2, 0.25) is 10.0 Å². The molecule has 0 amide bonds. The average molecular weight is 646 g/mol. The van der Waals surface area contributed by atoms with Crippen molar-refractivity contribution in [2.75, 3.05) is 26.3 Å². The third kappa shape index (κ3) is 6.99. The lowest BCUT2D eigenvalue weighted by Gasteiger charge is -2.26. The first-order valence-electron chi connectivity index (χ1n) is 12.1. The van der Waals surface area contributed by atoms with Crippen LogP contribution in [-0.4, -0.2) is 60.2 Å². The molecule has 0 saturated carbocycles. The van der Waals surface area contributed by atoms with Crippen LogP contribution in [0.5, 0.6) is 5.75 Å². The number of alkyl halides is 3. The number of thioether (sulfide) groups is 1. The van der Waals surface area contributed by atoms with Gasteiger partial charge in [0.15, 0.2) is 11.0 Å². The second-order valence-electron chi connectivity index (χ2n) is 8.75. The predicted molar refractivity (Wildman–Crippen MR) is 149 cm³/mol. The highest BCUT2D eigenvalue weighted by Crippen LogP contribution is 2.34. The molecule has 1 aliphatic rings. The molecule has 1 fully saturated rings. The van der Waals surface area contributed by atoms with E-state index in [1.807, 2.05) is 0 Å². The molecule has 1 aliphatic heterocycles. The number of sulfonamides is 1. The van der Waals surface area contributed by atoms with E-state index in [1.54, 1.807) is 34.9 Å². The lowest BCUT2D eigenvalue weighted by molar-refractivity contribution is -0.274. The minimum atomic E-state index is -4.84. The first kappa shape index (κ1) is 29.7. The minimum Gasteiger partial charge on any atom is -0.406 e. The van der Waals surface area contributed by atoms with Crippen LogP contribution < -0.4 is 4.74 Å². The van der Waals surface area contributed by atoms with E-state index in [4.69, 9.17) is 27.9 Å². The third-order valence-electron chi connectivity index (χ3n) is 6.03. The van der Waals surface area contributed by atoms with Gasteiger partial charge in [-0.1, -0.05) is 53.2 Å². The van der Waals surface area contributed by atoms with Gasteiger partial charge in [0, 0.05) is 40.1 Å². The van der Waals surface area contributed by atoms with Gasteiger partial charge in [-0.3, -0.25) is 4.57 Å². The predicted octanol–water partition coefficient (Wildman–Crippen LogP) is 6.45. The maximum Gasteiger partial charge on any atom is 0.573 e. The van der Waals surface area contributed by atoms with Crippen molar-refractivity contribution in [1.29, 1.82) is 0 Å². The Morgan fingerprint density at radius 1 is 0.976 bits per heavy atom. The molecule has 3 aromatic carbocycles. The normalized spacial score (nSPS) is 14.8. The van der Waals surface area contributed by atoms with Gasteiger partial charge in [-0.15, -0.1) is 23.4 Å². The van der Waals surface area contributed by atoms with E-state index in [9.17, 15) is 21.6 Å². The van der Waals surface area contributed by atoms with Gasteiger partial charge in [-0.25, -0.2) is 8.42 Å². The fourth-order valence-corrected chi connectivity index (χ4v) is 7.06. The van der Waals surface area contributed by atoms with Gasteiger partial charge >= 0.3 is 6.36 Å². The van der Waals surface area contributed by atoms with Crippen LogP contribution in [0.2, 0.25) is 10.0 Å². The quantitative estimate of drug-likeness (QED) is 0.204. The summed E-state index contributed by atoms with van der Waals surface area (Å²) in [6.07, 6.45) is -4.84. The standard InChI is InChI=1S/C26H21Cl2F3N4O4S2/c27-19-5-4-18(23(28)15-19)16-40-25-33-32-24(35(25)20-6-8-21(9-7-20)39-26(29,30)31)17-2-1-3-22(14-17)41(36,37)34-10-12-38-13-11-34/h1-9,14-15H,10-13,16H2. The smallest absolute Gasteiger partial charge is 0.406 e. The summed E-state index contributed by atoms with van der Waals surface area (Å²) in [6.45, 7) is 1.09. The minimum absolute atomic E-state index is 0.0718. The highest BCUT2D eigenvalue weighted by molar-refractivity contribution is 7.98. The van der Waals surface area contributed by atoms with Crippen molar-refractivity contribution in [2.24, 2.45) is 0 Å². The van der Waals surface area contributed by atoms with Crippen LogP contribution in [0.25, 0.3) is 17.1 Å². The lowest BCUT2D eigenvalue weighted by Crippen LogP contribution is -2.40. The van der Waals surface area contributed by atoms with Gasteiger partial charge in [0.25, 0.3) is 0 Å². The van der Waals surface area contributed by atoms with Crippen LogP contribution in [0.15, 0.2) is 76.8 Å². The summed E-state index contributed by atoms with van der Waals surface area (Å²) in [5.41, 5.74) is 1.66. The number of ether oxygens (including phenoxy) is 2. The molecule has 1 saturated heterocycles. The number of benzene rings is 3. The van der Waals surface area contributed by atoms with Crippen molar-refractivity contribution < 1.29 is 31.1 Å². The van der Waals surface area contributed by atoms with Crippen molar-refractivity contribution in [3.8, 4) is 22.8 Å². The van der Waals surface area contributed by atoms with Crippen LogP contribution in [-0.2, 0) is 20.5 Å². The average Bonchev–Trinajstić information content (AvgIpc) is 3.37. The first-order valence-corrected chi connectivity index (χ1v) is 15.3. The highest BCUT2D eigenvalue weighted by Gasteiger charge is 2.31. The molecule has 0 radical (unpaired) electrons. The van der Waals surface area contributed by atoms with Crippen molar-refractivity contribution >= 4 is 45.0 Å². The number of hydrogen-bond acceptors (Lipinski definition) is 7. The molecule has 41 heavy (non-hydrogen) atoms. The van der Waals surface area contributed by atoms with Crippen LogP contribution in [0, 0.1) is 0 Å². The SMILES string of the molecule is O=S(=O)(c1cccc(-c2nnc(SCc3ccc(Cl)cc3Cl)n2-c2ccc(OC(F)(F)F)cc2)c1)N1CCOCC1. The second kappa shape index (κ2) is 12.2. The largest absolute Gasteiger partial charge is 0.573 e. The molecule has 8 nitrogen and oxygen atoms in total. The van der Waals surface area contributed by atoms with Gasteiger partial charge in [-0.2, -0.15) is 4.31 Å². The first-order chi connectivity index (χ1) is 19.5. The van der Waals surface area contributed by atoms with Crippen molar-refractivity contribution in [3.63, 3.8) is 0 Å². The zero-order valence-corrected chi connectivity index (χ0v) is 24.2. The molecule has 0 spiro atoms. The summed E-state index contributed by atoms with van der Waals surface area (Å²) >= 11 is 13.6. The molecule has 0 unspecified atom stereocenters. The zero-order chi connectivity index (χ0) is 29.2. The zero-order valence-electron chi connectivity index (χ0n) is 21.0. The molecule has 15 heteroatoms. The van der Waals surface area contributed by atoms with Crippen molar-refractivity contribution in [3.05, 3.63) is 82.3 Å². The van der Waals surface area contributed by atoms with Crippen molar-refractivity contribution in [1.82, 2.24) is 19.1 Å². The van der Waals surface area contributed by atoms with Crippen LogP contribution in [0.1, 0.15) is 5.56 Å². The van der Waals surface area contributed by atoms with E-state index >= 15 is 0 Å². The number of aromatic nitrogens is 3. The summed E-state index contributed by atoms with van der Waals surface area (Å²) in [5, 5.41) is 9.99. The maximum absolute atomic E-state index is 13.3. The van der Waals surface area contributed by atoms with Crippen LogP contribution >= 0.6 is 35.0 Å². The number of halogens is 5. The van der Waals surface area contributed by atoms with Gasteiger partial charge in [0.05, 0.1) is 18.1 Å². The summed E-state index contributed by atoms with van der Waals surface area (Å²) < 4.78 is 77.0. The number of nitrogens with zero attached hydrogens (tertiary/aromatic N) is 4. The summed E-state index contributed by atoms with van der Waals surface area (Å²) in [5.74, 6) is 0.282. The molecule has 4 aromatic rings. The van der Waals surface area contributed by atoms with E-state index in [0.717, 1.165) is 5.56 Å². The lowest BCUT2D eigenvalue weighted by atomic mass is 10.2. The van der Waals surface area contributed by atoms with Crippen molar-refractivity contribution in [2.45, 2.75) is 22.2 Å². The molecular formula is C26H21Cl2F3N4O4S2. The van der Waals surface area contributed by atoms with Crippen LogP contribution in [0.3, 0.4) is 0 Å². The number of hydrogen-bond donors (Lipinski definition) is 0. The Hall–Kier alpha value is -2.81. The van der Waals surface area contributed by atoms with E-state index in [0.29, 0.717) is 51.2 Å². The molecule has 2 heterocycles. The van der Waals surface area contributed by atoms with Gasteiger partial charge in [-0.05, 0) is 54.1 Å². The Kier molecular flexibility index (Phi) is 8.83.